The minimum atomic E-state index is -3.58. The second-order valence-corrected chi connectivity index (χ2v) is 9.01. The lowest BCUT2D eigenvalue weighted by Crippen LogP contribution is -2.32. The summed E-state index contributed by atoms with van der Waals surface area (Å²) in [6, 6.07) is 13.9. The van der Waals surface area contributed by atoms with E-state index in [1.807, 2.05) is 38.1 Å². The van der Waals surface area contributed by atoms with Crippen LogP contribution in [-0.4, -0.2) is 31.6 Å². The van der Waals surface area contributed by atoms with Crippen molar-refractivity contribution in [3.05, 3.63) is 64.1 Å². The van der Waals surface area contributed by atoms with Crippen LogP contribution in [0.3, 0.4) is 0 Å². The largest absolute Gasteiger partial charge is 0.294 e. The highest BCUT2D eigenvalue weighted by molar-refractivity contribution is 9.10. The number of hydrogen-bond donors (Lipinski definition) is 0. The molecule has 0 aliphatic carbocycles. The first-order valence-corrected chi connectivity index (χ1v) is 11.0. The van der Waals surface area contributed by atoms with E-state index < -0.39 is 10.0 Å². The van der Waals surface area contributed by atoms with E-state index in [9.17, 15) is 13.2 Å². The van der Waals surface area contributed by atoms with Crippen molar-refractivity contribution in [3.8, 4) is 0 Å². The second-order valence-electron chi connectivity index (χ2n) is 6.16. The molecule has 0 spiro atoms. The molecule has 0 aromatic heterocycles. The summed E-state index contributed by atoms with van der Waals surface area (Å²) in [4.78, 5) is 12.8. The minimum Gasteiger partial charge on any atom is -0.294 e. The van der Waals surface area contributed by atoms with Crippen molar-refractivity contribution in [2.45, 2.75) is 38.0 Å². The predicted molar refractivity (Wildman–Crippen MR) is 108 cm³/mol. The van der Waals surface area contributed by atoms with Crippen LogP contribution in [0.2, 0.25) is 0 Å². The highest BCUT2D eigenvalue weighted by Gasteiger charge is 2.23. The highest BCUT2D eigenvalue weighted by Crippen LogP contribution is 2.19. The van der Waals surface area contributed by atoms with Crippen molar-refractivity contribution >= 4 is 31.7 Å². The molecule has 2 aromatic rings. The van der Waals surface area contributed by atoms with Gasteiger partial charge in [-0.2, -0.15) is 4.31 Å². The molecule has 0 heterocycles. The summed E-state index contributed by atoms with van der Waals surface area (Å²) in [7, 11) is -3.58. The summed E-state index contributed by atoms with van der Waals surface area (Å²) in [6.07, 6.45) is 1.74. The average Bonchev–Trinajstić information content (AvgIpc) is 2.63. The van der Waals surface area contributed by atoms with Crippen molar-refractivity contribution in [1.29, 1.82) is 0 Å². The van der Waals surface area contributed by atoms with Gasteiger partial charge in [-0.05, 0) is 42.7 Å². The van der Waals surface area contributed by atoms with Crippen LogP contribution < -0.4 is 0 Å². The summed E-state index contributed by atoms with van der Waals surface area (Å²) in [5.41, 5.74) is 1.31. The molecule has 0 aliphatic rings. The number of ketones is 1. The van der Waals surface area contributed by atoms with Gasteiger partial charge in [-0.25, -0.2) is 8.42 Å². The van der Waals surface area contributed by atoms with Crippen LogP contribution in [0.15, 0.2) is 57.9 Å². The number of Topliss-reactive ketones (excluding diaryl/α,β-unsaturated/α-hetero) is 1. The summed E-state index contributed by atoms with van der Waals surface area (Å²) in [6.45, 7) is 4.87. The van der Waals surface area contributed by atoms with E-state index >= 15 is 0 Å². The van der Waals surface area contributed by atoms with Crippen LogP contribution in [0.5, 0.6) is 0 Å². The summed E-state index contributed by atoms with van der Waals surface area (Å²) in [5, 5.41) is 0. The van der Waals surface area contributed by atoms with Gasteiger partial charge in [0.15, 0.2) is 5.78 Å². The van der Waals surface area contributed by atoms with E-state index in [2.05, 4.69) is 15.9 Å². The Hall–Kier alpha value is -1.50. The van der Waals surface area contributed by atoms with E-state index in [4.69, 9.17) is 0 Å². The predicted octanol–water partition coefficient (Wildman–Crippen LogP) is 4.69. The molecule has 140 valence electrons. The maximum Gasteiger partial charge on any atom is 0.243 e. The third-order valence-corrected chi connectivity index (χ3v) is 6.44. The standard InChI is InChI=1S/C20H24BrNO3S/c1-3-12-22(13-4-2)26(24,25)19-7-5-6-17(15-19)20(23)14-16-8-10-18(21)11-9-16/h5-11,15H,3-4,12-14H2,1-2H3. The Morgan fingerprint density at radius 1 is 1.00 bits per heavy atom. The molecule has 0 unspecified atom stereocenters. The average molecular weight is 438 g/mol. The molecule has 0 aliphatic heterocycles. The normalized spacial score (nSPS) is 11.7. The van der Waals surface area contributed by atoms with Crippen molar-refractivity contribution in [3.63, 3.8) is 0 Å². The van der Waals surface area contributed by atoms with Crippen LogP contribution in [0.1, 0.15) is 42.6 Å². The molecular formula is C20H24BrNO3S. The fourth-order valence-electron chi connectivity index (χ4n) is 2.72. The number of hydrogen-bond acceptors (Lipinski definition) is 3. The summed E-state index contributed by atoms with van der Waals surface area (Å²) >= 11 is 3.37. The van der Waals surface area contributed by atoms with Gasteiger partial charge in [-0.3, -0.25) is 4.79 Å². The number of halogens is 1. The van der Waals surface area contributed by atoms with Crippen LogP contribution in [0.25, 0.3) is 0 Å². The van der Waals surface area contributed by atoms with Crippen molar-refractivity contribution in [1.82, 2.24) is 4.31 Å². The van der Waals surface area contributed by atoms with Crippen LogP contribution in [0, 0.1) is 0 Å². The number of nitrogens with zero attached hydrogens (tertiary/aromatic N) is 1. The first kappa shape index (κ1) is 20.8. The molecule has 0 N–H and O–H groups in total. The van der Waals surface area contributed by atoms with Crippen molar-refractivity contribution in [2.75, 3.05) is 13.1 Å². The Morgan fingerprint density at radius 3 is 2.19 bits per heavy atom. The van der Waals surface area contributed by atoms with E-state index in [1.165, 1.54) is 10.4 Å². The maximum atomic E-state index is 12.9. The molecule has 0 radical (unpaired) electrons. The number of carbonyl (C=O) groups is 1. The van der Waals surface area contributed by atoms with Gasteiger partial charge in [0.05, 0.1) is 4.90 Å². The van der Waals surface area contributed by atoms with Crippen molar-refractivity contribution < 1.29 is 13.2 Å². The van der Waals surface area contributed by atoms with E-state index in [-0.39, 0.29) is 17.1 Å². The fraction of sp³-hybridized carbons (Fsp3) is 0.350. The Balaban J connectivity index is 2.25. The lowest BCUT2D eigenvalue weighted by molar-refractivity contribution is 0.0993. The molecule has 26 heavy (non-hydrogen) atoms. The molecule has 0 bridgehead atoms. The quantitative estimate of drug-likeness (QED) is 0.534. The summed E-state index contributed by atoms with van der Waals surface area (Å²) < 4.78 is 28.2. The Morgan fingerprint density at radius 2 is 1.62 bits per heavy atom. The van der Waals surface area contributed by atoms with E-state index in [0.29, 0.717) is 18.7 Å². The molecule has 0 saturated carbocycles. The zero-order valence-electron chi connectivity index (χ0n) is 15.1. The molecule has 0 amide bonds. The van der Waals surface area contributed by atoms with Gasteiger partial charge in [-0.1, -0.05) is 54.0 Å². The topological polar surface area (TPSA) is 54.5 Å². The molecule has 4 nitrogen and oxygen atoms in total. The van der Waals surface area contributed by atoms with Crippen molar-refractivity contribution in [2.24, 2.45) is 0 Å². The number of benzene rings is 2. The lowest BCUT2D eigenvalue weighted by atomic mass is 10.0. The second kappa shape index (κ2) is 9.44. The number of sulfonamides is 1. The summed E-state index contributed by atoms with van der Waals surface area (Å²) in [5.74, 6) is -0.0955. The highest BCUT2D eigenvalue weighted by atomic mass is 79.9. The zero-order valence-corrected chi connectivity index (χ0v) is 17.5. The van der Waals surface area contributed by atoms with Crippen LogP contribution >= 0.6 is 15.9 Å². The molecule has 0 fully saturated rings. The number of rotatable bonds is 9. The van der Waals surface area contributed by atoms with Gasteiger partial charge in [0.25, 0.3) is 0 Å². The van der Waals surface area contributed by atoms with Gasteiger partial charge in [0, 0.05) is 29.5 Å². The number of carbonyl (C=O) groups excluding carboxylic acids is 1. The Bertz CT molecular complexity index is 842. The van der Waals surface area contributed by atoms with E-state index in [1.54, 1.807) is 18.2 Å². The SMILES string of the molecule is CCCN(CCC)S(=O)(=O)c1cccc(C(=O)Cc2ccc(Br)cc2)c1. The monoisotopic (exact) mass is 437 g/mol. The third-order valence-electron chi connectivity index (χ3n) is 4.02. The van der Waals surface area contributed by atoms with Gasteiger partial charge in [0.1, 0.15) is 0 Å². The zero-order chi connectivity index (χ0) is 19.2. The smallest absolute Gasteiger partial charge is 0.243 e. The third kappa shape index (κ3) is 5.25. The first-order chi connectivity index (χ1) is 12.4. The van der Waals surface area contributed by atoms with Crippen LogP contribution in [-0.2, 0) is 16.4 Å². The maximum absolute atomic E-state index is 12.9. The molecule has 0 saturated heterocycles. The molecular weight excluding hydrogens is 414 g/mol. The molecule has 0 atom stereocenters. The Labute approximate surface area is 164 Å². The van der Waals surface area contributed by atoms with E-state index in [0.717, 1.165) is 22.9 Å². The van der Waals surface area contributed by atoms with Crippen LogP contribution in [0.4, 0.5) is 0 Å². The molecule has 6 heteroatoms. The van der Waals surface area contributed by atoms with Gasteiger partial charge in [-0.15, -0.1) is 0 Å². The minimum absolute atomic E-state index is 0.0955. The van der Waals surface area contributed by atoms with Gasteiger partial charge < -0.3 is 0 Å². The lowest BCUT2D eigenvalue weighted by Gasteiger charge is -2.21. The molecule has 2 rings (SSSR count). The molecule has 2 aromatic carbocycles. The first-order valence-electron chi connectivity index (χ1n) is 8.76. The Kier molecular flexibility index (Phi) is 7.55. The van der Waals surface area contributed by atoms with Gasteiger partial charge in [0.2, 0.25) is 10.0 Å². The van der Waals surface area contributed by atoms with Gasteiger partial charge >= 0.3 is 0 Å². The fourth-order valence-corrected chi connectivity index (χ4v) is 4.65.